The van der Waals surface area contributed by atoms with Gasteiger partial charge in [0.2, 0.25) is 0 Å². The van der Waals surface area contributed by atoms with Crippen LogP contribution in [0.5, 0.6) is 0 Å². The Kier molecular flexibility index (Phi) is 9.13. The predicted molar refractivity (Wildman–Crippen MR) is 90.7 cm³/mol. The van der Waals surface area contributed by atoms with Gasteiger partial charge in [0.05, 0.1) is 11.2 Å². The van der Waals surface area contributed by atoms with Gasteiger partial charge in [0.15, 0.2) is 0 Å². The molecule has 1 saturated heterocycles. The summed E-state index contributed by atoms with van der Waals surface area (Å²) >= 11 is 0. The molecule has 126 valence electrons. The second kappa shape index (κ2) is 9.69. The van der Waals surface area contributed by atoms with E-state index >= 15 is 0 Å². The quantitative estimate of drug-likeness (QED) is 0.872. The van der Waals surface area contributed by atoms with Crippen LogP contribution >= 0.6 is 0 Å². The lowest BCUT2D eigenvalue weighted by molar-refractivity contribution is 0.0397. The summed E-state index contributed by atoms with van der Waals surface area (Å²) in [6, 6.07) is 3.88. The van der Waals surface area contributed by atoms with Crippen LogP contribution in [0.25, 0.3) is 6.08 Å². The van der Waals surface area contributed by atoms with Crippen LogP contribution in [0.3, 0.4) is 0 Å². The molecule has 1 fully saturated rings. The van der Waals surface area contributed by atoms with E-state index < -0.39 is 5.60 Å². The van der Waals surface area contributed by atoms with Crippen molar-refractivity contribution in [2.24, 2.45) is 0 Å². The number of hydrogen-bond donors (Lipinski definition) is 2. The predicted octanol–water partition coefficient (Wildman–Crippen LogP) is 1.82. The summed E-state index contributed by atoms with van der Waals surface area (Å²) < 4.78 is 4.94. The third-order valence-corrected chi connectivity index (χ3v) is 3.35. The van der Waals surface area contributed by atoms with E-state index in [1.54, 1.807) is 19.5 Å². The molecule has 22 heavy (non-hydrogen) atoms. The molecule has 0 saturated carbocycles. The molecule has 0 aromatic carbocycles. The second-order valence-electron chi connectivity index (χ2n) is 6.29. The number of methoxy groups -OCH3 is 1. The molecule has 5 heteroatoms. The van der Waals surface area contributed by atoms with Gasteiger partial charge in [0.1, 0.15) is 0 Å². The van der Waals surface area contributed by atoms with E-state index in [0.717, 1.165) is 31.5 Å². The van der Waals surface area contributed by atoms with Crippen molar-refractivity contribution in [2.75, 3.05) is 20.2 Å². The van der Waals surface area contributed by atoms with Gasteiger partial charge in [-0.1, -0.05) is 18.2 Å². The largest absolute Gasteiger partial charge is 0.412 e. The van der Waals surface area contributed by atoms with E-state index in [2.05, 4.69) is 10.3 Å². The molecular formula is C17H30N2O3. The summed E-state index contributed by atoms with van der Waals surface area (Å²) in [6.45, 7) is 7.83. The van der Waals surface area contributed by atoms with E-state index in [-0.39, 0.29) is 11.1 Å². The molecule has 2 rings (SSSR count). The average molecular weight is 310 g/mol. The minimum absolute atomic E-state index is 0. The van der Waals surface area contributed by atoms with Crippen LogP contribution in [0.1, 0.15) is 39.2 Å². The number of rotatable bonds is 2. The average Bonchev–Trinajstić information content (AvgIpc) is 2.47. The monoisotopic (exact) mass is 310 g/mol. The van der Waals surface area contributed by atoms with Gasteiger partial charge in [-0.05, 0) is 58.3 Å². The zero-order valence-electron chi connectivity index (χ0n) is 14.1. The summed E-state index contributed by atoms with van der Waals surface area (Å²) in [5, 5.41) is 13.4. The highest BCUT2D eigenvalue weighted by Crippen LogP contribution is 2.20. The molecule has 0 spiro atoms. The van der Waals surface area contributed by atoms with E-state index in [1.165, 1.54) is 0 Å². The Morgan fingerprint density at radius 2 is 1.91 bits per heavy atom. The van der Waals surface area contributed by atoms with Gasteiger partial charge in [0, 0.05) is 19.5 Å². The topological polar surface area (TPSA) is 85.9 Å². The molecule has 2 heterocycles. The Labute approximate surface area is 133 Å². The van der Waals surface area contributed by atoms with Crippen molar-refractivity contribution in [2.45, 2.75) is 44.8 Å². The van der Waals surface area contributed by atoms with Gasteiger partial charge in [-0.25, -0.2) is 0 Å². The summed E-state index contributed by atoms with van der Waals surface area (Å²) in [5.74, 6) is 0. The summed E-state index contributed by atoms with van der Waals surface area (Å²) in [6.07, 6.45) is 8.94. The first-order valence-corrected chi connectivity index (χ1v) is 7.42. The van der Waals surface area contributed by atoms with Crippen molar-refractivity contribution < 1.29 is 15.3 Å². The first-order chi connectivity index (χ1) is 9.85. The molecule has 0 unspecified atom stereocenters. The molecule has 0 atom stereocenters. The van der Waals surface area contributed by atoms with Gasteiger partial charge in [0.25, 0.3) is 0 Å². The maximum Gasteiger partial charge on any atom is 0.0855 e. The Hall–Kier alpha value is -1.27. The zero-order valence-corrected chi connectivity index (χ0v) is 14.1. The van der Waals surface area contributed by atoms with Crippen LogP contribution in [0.2, 0.25) is 0 Å². The van der Waals surface area contributed by atoms with Crippen molar-refractivity contribution in [1.82, 2.24) is 10.3 Å². The molecule has 4 N–H and O–H groups in total. The van der Waals surface area contributed by atoms with Crippen LogP contribution in [0.15, 0.2) is 30.6 Å². The lowest BCUT2D eigenvalue weighted by atomic mass is 9.91. The minimum atomic E-state index is -0.638. The van der Waals surface area contributed by atoms with Gasteiger partial charge in [-0.15, -0.1) is 0 Å². The van der Waals surface area contributed by atoms with Gasteiger partial charge < -0.3 is 20.6 Å². The van der Waals surface area contributed by atoms with Crippen molar-refractivity contribution in [3.05, 3.63) is 36.2 Å². The third-order valence-electron chi connectivity index (χ3n) is 3.35. The fourth-order valence-electron chi connectivity index (χ4n) is 1.75. The first-order valence-electron chi connectivity index (χ1n) is 7.42. The Morgan fingerprint density at radius 3 is 2.36 bits per heavy atom. The number of ether oxygens (including phenoxy) is 1. The SMILES string of the molecule is COC(C)(C)C.O.OC1(/C=C/c2cccnc2)CCNCC1. The Bertz CT molecular complexity index is 421. The number of aromatic nitrogens is 1. The molecule has 0 aliphatic carbocycles. The number of nitrogens with zero attached hydrogens (tertiary/aromatic N) is 1. The molecule has 1 aliphatic rings. The minimum Gasteiger partial charge on any atom is -0.412 e. The van der Waals surface area contributed by atoms with E-state index in [1.807, 2.05) is 45.1 Å². The van der Waals surface area contributed by atoms with Gasteiger partial charge in [-0.2, -0.15) is 0 Å². The smallest absolute Gasteiger partial charge is 0.0855 e. The highest BCUT2D eigenvalue weighted by atomic mass is 16.5. The zero-order chi connectivity index (χ0) is 15.8. The van der Waals surface area contributed by atoms with E-state index in [0.29, 0.717) is 0 Å². The Morgan fingerprint density at radius 1 is 1.32 bits per heavy atom. The molecule has 0 radical (unpaired) electrons. The van der Waals surface area contributed by atoms with Crippen molar-refractivity contribution >= 4 is 6.08 Å². The van der Waals surface area contributed by atoms with Gasteiger partial charge in [-0.3, -0.25) is 4.98 Å². The number of aliphatic hydroxyl groups is 1. The van der Waals surface area contributed by atoms with Crippen LogP contribution in [-0.4, -0.2) is 47.0 Å². The number of nitrogens with one attached hydrogen (secondary N) is 1. The van der Waals surface area contributed by atoms with Crippen molar-refractivity contribution in [3.63, 3.8) is 0 Å². The van der Waals surface area contributed by atoms with Crippen molar-refractivity contribution in [3.8, 4) is 0 Å². The maximum absolute atomic E-state index is 10.2. The molecule has 0 amide bonds. The molecule has 0 bridgehead atoms. The molecule has 1 aromatic heterocycles. The molecular weight excluding hydrogens is 280 g/mol. The number of piperidine rings is 1. The summed E-state index contributed by atoms with van der Waals surface area (Å²) in [5.41, 5.74) is 0.436. The normalized spacial score (nSPS) is 17.3. The number of hydrogen-bond acceptors (Lipinski definition) is 4. The van der Waals surface area contributed by atoms with Crippen LogP contribution < -0.4 is 5.32 Å². The molecule has 1 aromatic rings. The molecule has 5 nitrogen and oxygen atoms in total. The van der Waals surface area contributed by atoms with Crippen molar-refractivity contribution in [1.29, 1.82) is 0 Å². The maximum atomic E-state index is 10.2. The first kappa shape index (κ1) is 20.7. The standard InChI is InChI=1S/C12H16N2O.C5H12O.H2O/c15-12(5-8-13-9-6-12)4-3-11-2-1-7-14-10-11;1-5(2,3)6-4;/h1-4,7,10,13,15H,5-6,8-9H2;1-4H3;1H2/b4-3+;;. The fourth-order valence-corrected chi connectivity index (χ4v) is 1.75. The summed E-state index contributed by atoms with van der Waals surface area (Å²) in [7, 11) is 1.71. The van der Waals surface area contributed by atoms with Crippen LogP contribution in [0, 0.1) is 0 Å². The second-order valence-corrected chi connectivity index (χ2v) is 6.29. The highest BCUT2D eigenvalue weighted by molar-refractivity contribution is 5.49. The lowest BCUT2D eigenvalue weighted by Crippen LogP contribution is -2.40. The van der Waals surface area contributed by atoms with E-state index in [9.17, 15) is 5.11 Å². The van der Waals surface area contributed by atoms with Crippen LogP contribution in [-0.2, 0) is 4.74 Å². The van der Waals surface area contributed by atoms with Crippen LogP contribution in [0.4, 0.5) is 0 Å². The lowest BCUT2D eigenvalue weighted by Gasteiger charge is -2.29. The van der Waals surface area contributed by atoms with Gasteiger partial charge >= 0.3 is 0 Å². The summed E-state index contributed by atoms with van der Waals surface area (Å²) in [4.78, 5) is 4.03. The third kappa shape index (κ3) is 8.89. The number of pyridine rings is 1. The van der Waals surface area contributed by atoms with E-state index in [4.69, 9.17) is 4.74 Å². The highest BCUT2D eigenvalue weighted by Gasteiger charge is 2.25. The fraction of sp³-hybridized carbons (Fsp3) is 0.588. The Balaban J connectivity index is 0.000000546. The molecule has 1 aliphatic heterocycles.